The van der Waals surface area contributed by atoms with Gasteiger partial charge in [-0.3, -0.25) is 4.79 Å². The van der Waals surface area contributed by atoms with Gasteiger partial charge in [0.1, 0.15) is 11.6 Å². The molecule has 2 aromatic rings. The highest BCUT2D eigenvalue weighted by molar-refractivity contribution is 8.01. The zero-order valence-corrected chi connectivity index (χ0v) is 16.6. The Labute approximate surface area is 167 Å². The van der Waals surface area contributed by atoms with Crippen LogP contribution in [0.1, 0.15) is 37.0 Å². The summed E-state index contributed by atoms with van der Waals surface area (Å²) < 4.78 is 1.10. The molecule has 0 unspecified atom stereocenters. The monoisotopic (exact) mass is 402 g/mol. The lowest BCUT2D eigenvalue weighted by atomic mass is 9.95. The van der Waals surface area contributed by atoms with Crippen molar-refractivity contribution in [3.63, 3.8) is 0 Å². The number of carbonyl (C=O) groups is 1. The Morgan fingerprint density at radius 3 is 2.62 bits per heavy atom. The van der Waals surface area contributed by atoms with Gasteiger partial charge in [0, 0.05) is 20.8 Å². The van der Waals surface area contributed by atoms with Crippen LogP contribution in [0, 0.1) is 11.3 Å². The Hall–Kier alpha value is -1.74. The molecule has 3 rings (SSSR count). The van der Waals surface area contributed by atoms with Crippen LogP contribution in [0.3, 0.4) is 0 Å². The highest BCUT2D eigenvalue weighted by Gasteiger charge is 2.18. The summed E-state index contributed by atoms with van der Waals surface area (Å²) in [5.74, 6) is -0.264. The molecule has 0 atom stereocenters. The summed E-state index contributed by atoms with van der Waals surface area (Å²) in [5, 5.41) is 13.1. The third-order valence-corrected chi connectivity index (χ3v) is 6.65. The maximum atomic E-state index is 12.4. The number of benzene rings is 1. The van der Waals surface area contributed by atoms with E-state index in [1.165, 1.54) is 6.42 Å². The third-order valence-electron chi connectivity index (χ3n) is 4.23. The number of halogens is 1. The first-order valence-corrected chi connectivity index (χ1v) is 10.6. The smallest absolute Gasteiger partial charge is 0.262 e. The summed E-state index contributed by atoms with van der Waals surface area (Å²) in [6.45, 7) is 0. The van der Waals surface area contributed by atoms with E-state index in [1.807, 2.05) is 42.5 Å². The molecule has 1 amide bonds. The summed E-state index contributed by atoms with van der Waals surface area (Å²) in [5.41, 5.74) is 0.167. The number of rotatable bonds is 5. The van der Waals surface area contributed by atoms with Gasteiger partial charge in [0.15, 0.2) is 0 Å². The fraction of sp³-hybridized carbons (Fsp3) is 0.300. The number of hydrogen-bond acceptors (Lipinski definition) is 4. The van der Waals surface area contributed by atoms with E-state index in [4.69, 9.17) is 11.6 Å². The number of amides is 1. The van der Waals surface area contributed by atoms with E-state index < -0.39 is 0 Å². The Morgan fingerprint density at radius 2 is 1.92 bits per heavy atom. The highest BCUT2D eigenvalue weighted by Crippen LogP contribution is 2.34. The summed E-state index contributed by atoms with van der Waals surface area (Å²) in [7, 11) is 0. The number of carbonyl (C=O) groups excluding carboxylic acids is 1. The van der Waals surface area contributed by atoms with Crippen molar-refractivity contribution in [2.45, 2.75) is 47.3 Å². The van der Waals surface area contributed by atoms with Crippen LogP contribution in [0.15, 0.2) is 51.1 Å². The van der Waals surface area contributed by atoms with E-state index in [0.29, 0.717) is 5.02 Å². The first kappa shape index (κ1) is 19.0. The summed E-state index contributed by atoms with van der Waals surface area (Å²) in [6, 6.07) is 13.9. The van der Waals surface area contributed by atoms with Crippen molar-refractivity contribution >= 4 is 46.7 Å². The van der Waals surface area contributed by atoms with E-state index in [0.717, 1.165) is 39.7 Å². The van der Waals surface area contributed by atoms with Crippen LogP contribution >= 0.6 is 34.7 Å². The largest absolute Gasteiger partial charge is 0.349 e. The molecule has 1 aromatic carbocycles. The predicted molar refractivity (Wildman–Crippen MR) is 108 cm³/mol. The van der Waals surface area contributed by atoms with E-state index in [-0.39, 0.29) is 17.5 Å². The molecule has 1 N–H and O–H groups in total. The van der Waals surface area contributed by atoms with Crippen LogP contribution in [0.5, 0.6) is 0 Å². The minimum atomic E-state index is -0.264. The number of nitrogens with one attached hydrogen (secondary N) is 1. The minimum Gasteiger partial charge on any atom is -0.349 e. The summed E-state index contributed by atoms with van der Waals surface area (Å²) >= 11 is 9.11. The van der Waals surface area contributed by atoms with Gasteiger partial charge < -0.3 is 5.32 Å². The van der Waals surface area contributed by atoms with Crippen molar-refractivity contribution in [2.75, 3.05) is 0 Å². The maximum absolute atomic E-state index is 12.4. The standard InChI is InChI=1S/C20H19ClN2OS2/c21-15-6-8-17(9-7-15)25-19-11-10-18(26-19)12-14(13-22)20(24)23-16-4-2-1-3-5-16/h6-12,16H,1-5H2,(H,23,24)/b14-12-. The molecule has 0 saturated heterocycles. The van der Waals surface area contributed by atoms with Gasteiger partial charge in [0.2, 0.25) is 0 Å². The molecule has 1 aromatic heterocycles. The molecule has 0 spiro atoms. The summed E-state index contributed by atoms with van der Waals surface area (Å²) in [6.07, 6.45) is 7.21. The van der Waals surface area contributed by atoms with Crippen molar-refractivity contribution in [1.29, 1.82) is 5.26 Å². The fourth-order valence-corrected chi connectivity index (χ4v) is 5.08. The molecular weight excluding hydrogens is 384 g/mol. The molecule has 26 heavy (non-hydrogen) atoms. The summed E-state index contributed by atoms with van der Waals surface area (Å²) in [4.78, 5) is 14.4. The van der Waals surface area contributed by atoms with Crippen molar-refractivity contribution in [3.05, 3.63) is 51.9 Å². The molecule has 1 saturated carbocycles. The zero-order chi connectivity index (χ0) is 18.4. The number of nitrogens with zero attached hydrogens (tertiary/aromatic N) is 1. The van der Waals surface area contributed by atoms with Gasteiger partial charge in [-0.1, -0.05) is 42.6 Å². The van der Waals surface area contributed by atoms with Gasteiger partial charge in [0.25, 0.3) is 5.91 Å². The molecule has 1 heterocycles. The minimum absolute atomic E-state index is 0.167. The van der Waals surface area contributed by atoms with Gasteiger partial charge in [-0.15, -0.1) is 11.3 Å². The molecule has 1 aliphatic carbocycles. The molecule has 0 aliphatic heterocycles. The van der Waals surface area contributed by atoms with Crippen LogP contribution in [0.4, 0.5) is 0 Å². The lowest BCUT2D eigenvalue weighted by molar-refractivity contribution is -0.117. The average molecular weight is 403 g/mol. The first-order valence-electron chi connectivity index (χ1n) is 8.60. The molecule has 6 heteroatoms. The van der Waals surface area contributed by atoms with Crippen molar-refractivity contribution in [3.8, 4) is 6.07 Å². The van der Waals surface area contributed by atoms with Crippen LogP contribution in [0.25, 0.3) is 6.08 Å². The third kappa shape index (κ3) is 5.38. The zero-order valence-electron chi connectivity index (χ0n) is 14.2. The highest BCUT2D eigenvalue weighted by atomic mass is 35.5. The van der Waals surface area contributed by atoms with Crippen LogP contribution in [-0.2, 0) is 4.79 Å². The molecule has 3 nitrogen and oxygen atoms in total. The number of thiophene rings is 1. The predicted octanol–water partition coefficient (Wildman–Crippen LogP) is 5.91. The van der Waals surface area contributed by atoms with E-state index in [9.17, 15) is 10.1 Å². The van der Waals surface area contributed by atoms with Crippen molar-refractivity contribution < 1.29 is 4.79 Å². The topological polar surface area (TPSA) is 52.9 Å². The lowest BCUT2D eigenvalue weighted by Crippen LogP contribution is -2.36. The van der Waals surface area contributed by atoms with Crippen LogP contribution in [0.2, 0.25) is 5.02 Å². The van der Waals surface area contributed by atoms with E-state index in [1.54, 1.807) is 29.2 Å². The molecule has 0 radical (unpaired) electrons. The number of hydrogen-bond donors (Lipinski definition) is 1. The Balaban J connectivity index is 1.65. The van der Waals surface area contributed by atoms with Crippen LogP contribution in [-0.4, -0.2) is 11.9 Å². The first-order chi connectivity index (χ1) is 12.6. The van der Waals surface area contributed by atoms with Gasteiger partial charge in [0.05, 0.1) is 4.21 Å². The average Bonchev–Trinajstić information content (AvgIpc) is 3.09. The molecule has 1 aliphatic rings. The second-order valence-electron chi connectivity index (χ2n) is 6.19. The van der Waals surface area contributed by atoms with Gasteiger partial charge in [-0.05, 0) is 55.3 Å². The van der Waals surface area contributed by atoms with Crippen LogP contribution < -0.4 is 5.32 Å². The number of nitriles is 1. The SMILES string of the molecule is N#C/C(=C/c1ccc(Sc2ccc(Cl)cc2)s1)C(=O)NC1CCCCC1. The molecule has 134 valence electrons. The quantitative estimate of drug-likeness (QED) is 0.499. The van der Waals surface area contributed by atoms with Gasteiger partial charge >= 0.3 is 0 Å². The fourth-order valence-electron chi connectivity index (χ4n) is 2.89. The van der Waals surface area contributed by atoms with Crippen molar-refractivity contribution in [2.24, 2.45) is 0 Å². The molecule has 1 fully saturated rings. The molecular formula is C20H19ClN2OS2. The van der Waals surface area contributed by atoms with Gasteiger partial charge in [-0.2, -0.15) is 5.26 Å². The Morgan fingerprint density at radius 1 is 1.19 bits per heavy atom. The molecule has 0 bridgehead atoms. The Kier molecular flexibility index (Phi) is 6.79. The second-order valence-corrected chi connectivity index (χ2v) is 9.12. The van der Waals surface area contributed by atoms with E-state index >= 15 is 0 Å². The van der Waals surface area contributed by atoms with Crippen molar-refractivity contribution in [1.82, 2.24) is 5.32 Å². The maximum Gasteiger partial charge on any atom is 0.262 e. The lowest BCUT2D eigenvalue weighted by Gasteiger charge is -2.22. The Bertz CT molecular complexity index is 830. The second kappa shape index (κ2) is 9.27. The van der Waals surface area contributed by atoms with E-state index in [2.05, 4.69) is 5.32 Å². The van der Waals surface area contributed by atoms with Gasteiger partial charge in [-0.25, -0.2) is 0 Å². The normalized spacial score (nSPS) is 15.5.